The van der Waals surface area contributed by atoms with Gasteiger partial charge in [-0.2, -0.15) is 0 Å². The highest BCUT2D eigenvalue weighted by Crippen LogP contribution is 2.44. The second kappa shape index (κ2) is 8.49. The van der Waals surface area contributed by atoms with E-state index in [4.69, 9.17) is 0 Å². The number of thioether (sulfide) groups is 1. The molecule has 6 rings (SSSR count). The lowest BCUT2D eigenvalue weighted by molar-refractivity contribution is 0.564. The number of sulfone groups is 1. The quantitative estimate of drug-likeness (QED) is 0.443. The smallest absolute Gasteiger partial charge is 0.185 e. The van der Waals surface area contributed by atoms with E-state index in [9.17, 15) is 13.0 Å². The summed E-state index contributed by atoms with van der Waals surface area (Å²) in [5.41, 5.74) is 8.44. The van der Waals surface area contributed by atoms with Crippen molar-refractivity contribution in [1.82, 2.24) is 0 Å². The SMILES string of the molecule is O=S1(=O)c2ccccc2CCC1c1ccc2c(c1)CSC(c1ccc3c(c1)CC[S+]([O-])C3)C2. The third-order valence-corrected chi connectivity index (χ3v) is 12.2. The topological polar surface area (TPSA) is 57.2 Å². The van der Waals surface area contributed by atoms with E-state index in [0.717, 1.165) is 41.9 Å². The van der Waals surface area contributed by atoms with E-state index in [1.807, 2.05) is 36.0 Å². The Morgan fingerprint density at radius 1 is 0.848 bits per heavy atom. The molecule has 0 radical (unpaired) electrons. The maximum atomic E-state index is 13.3. The van der Waals surface area contributed by atoms with Gasteiger partial charge in [-0.1, -0.05) is 54.6 Å². The van der Waals surface area contributed by atoms with Crippen LogP contribution in [0.2, 0.25) is 0 Å². The Labute approximate surface area is 203 Å². The maximum Gasteiger partial charge on any atom is 0.185 e. The summed E-state index contributed by atoms with van der Waals surface area (Å²) in [6.07, 6.45) is 3.32. The van der Waals surface area contributed by atoms with Crippen LogP contribution in [0.1, 0.15) is 55.9 Å². The van der Waals surface area contributed by atoms with Gasteiger partial charge in [0.25, 0.3) is 0 Å². The van der Waals surface area contributed by atoms with Gasteiger partial charge in [-0.3, -0.25) is 0 Å². The predicted molar refractivity (Wildman–Crippen MR) is 136 cm³/mol. The average molecular weight is 495 g/mol. The average Bonchev–Trinajstić information content (AvgIpc) is 2.83. The van der Waals surface area contributed by atoms with E-state index >= 15 is 0 Å². The van der Waals surface area contributed by atoms with Crippen molar-refractivity contribution < 1.29 is 13.0 Å². The lowest BCUT2D eigenvalue weighted by atomic mass is 9.94. The minimum Gasteiger partial charge on any atom is -0.616 e. The molecule has 0 fully saturated rings. The monoisotopic (exact) mass is 494 g/mol. The number of benzene rings is 3. The highest BCUT2D eigenvalue weighted by atomic mass is 32.2. The normalized spacial score (nSPS) is 25.5. The van der Waals surface area contributed by atoms with Crippen molar-refractivity contribution in [3.05, 3.63) is 99.6 Å². The van der Waals surface area contributed by atoms with Crippen molar-refractivity contribution >= 4 is 32.8 Å². The maximum absolute atomic E-state index is 13.3. The molecular formula is C27H26O3S3. The molecule has 0 aliphatic carbocycles. The molecule has 3 atom stereocenters. The van der Waals surface area contributed by atoms with Crippen LogP contribution in [0.5, 0.6) is 0 Å². The predicted octanol–water partition coefficient (Wildman–Crippen LogP) is 5.48. The van der Waals surface area contributed by atoms with Crippen molar-refractivity contribution in [1.29, 1.82) is 0 Å². The molecule has 0 saturated carbocycles. The fourth-order valence-electron chi connectivity index (χ4n) is 5.46. The van der Waals surface area contributed by atoms with E-state index in [-0.39, 0.29) is 0 Å². The van der Waals surface area contributed by atoms with Gasteiger partial charge in [0.1, 0.15) is 11.5 Å². The molecule has 3 aliphatic rings. The second-order valence-corrected chi connectivity index (χ2v) is 14.1. The molecule has 6 heteroatoms. The zero-order chi connectivity index (χ0) is 22.6. The summed E-state index contributed by atoms with van der Waals surface area (Å²) in [6.45, 7) is 0. The van der Waals surface area contributed by atoms with Gasteiger partial charge in [-0.15, -0.1) is 11.8 Å². The zero-order valence-corrected chi connectivity index (χ0v) is 20.8. The third kappa shape index (κ3) is 3.95. The molecule has 0 amide bonds. The number of fused-ring (bicyclic) bond motifs is 3. The summed E-state index contributed by atoms with van der Waals surface area (Å²) in [4.78, 5) is 0.504. The molecule has 0 aromatic heterocycles. The Bertz CT molecular complexity index is 1330. The summed E-state index contributed by atoms with van der Waals surface area (Å²) in [7, 11) is -3.36. The Morgan fingerprint density at radius 3 is 2.55 bits per heavy atom. The summed E-state index contributed by atoms with van der Waals surface area (Å²) < 4.78 is 38.5. The van der Waals surface area contributed by atoms with E-state index in [0.29, 0.717) is 22.3 Å². The van der Waals surface area contributed by atoms with Crippen LogP contribution in [-0.2, 0) is 51.8 Å². The standard InChI is InChI=1S/C27H26O3S3/c28-32-12-11-20-13-21(6-8-23(20)17-32)25-15-19-5-7-22(14-24(19)16-31-25)27-10-9-18-3-1-2-4-26(18)33(27,29)30/h1-8,13-14,25,27H,9-12,15-17H2. The summed E-state index contributed by atoms with van der Waals surface area (Å²) in [6, 6.07) is 20.5. The largest absolute Gasteiger partial charge is 0.616 e. The molecule has 170 valence electrons. The number of aryl methyl sites for hydroxylation is 2. The van der Waals surface area contributed by atoms with Crippen LogP contribution in [0.3, 0.4) is 0 Å². The number of hydrogen-bond acceptors (Lipinski definition) is 4. The van der Waals surface area contributed by atoms with E-state index in [1.165, 1.54) is 27.8 Å². The summed E-state index contributed by atoms with van der Waals surface area (Å²) in [5.74, 6) is 2.36. The first-order chi connectivity index (χ1) is 16.0. The fourth-order valence-corrected chi connectivity index (χ4v) is 10.0. The molecule has 3 heterocycles. The van der Waals surface area contributed by atoms with Crippen LogP contribution in [-0.4, -0.2) is 18.7 Å². The number of hydrogen-bond donors (Lipinski definition) is 0. The molecule has 33 heavy (non-hydrogen) atoms. The van der Waals surface area contributed by atoms with Crippen molar-refractivity contribution in [3.63, 3.8) is 0 Å². The first kappa shape index (κ1) is 21.8. The van der Waals surface area contributed by atoms with Crippen molar-refractivity contribution in [3.8, 4) is 0 Å². The van der Waals surface area contributed by atoms with Crippen LogP contribution in [0.25, 0.3) is 0 Å². The Kier molecular flexibility index (Phi) is 5.60. The first-order valence-corrected chi connectivity index (χ1v) is 15.6. The minimum atomic E-state index is -3.36. The molecule has 3 aromatic carbocycles. The van der Waals surface area contributed by atoms with E-state index in [2.05, 4.69) is 30.3 Å². The Balaban J connectivity index is 1.25. The molecule has 3 unspecified atom stereocenters. The lowest BCUT2D eigenvalue weighted by Gasteiger charge is -2.29. The molecule has 0 N–H and O–H groups in total. The lowest BCUT2D eigenvalue weighted by Crippen LogP contribution is -2.21. The van der Waals surface area contributed by atoms with Gasteiger partial charge in [0.15, 0.2) is 9.84 Å². The zero-order valence-electron chi connectivity index (χ0n) is 18.3. The third-order valence-electron chi connectivity index (χ3n) is 7.29. The molecule has 0 bridgehead atoms. The highest BCUT2D eigenvalue weighted by Gasteiger charge is 2.35. The van der Waals surface area contributed by atoms with Gasteiger partial charge >= 0.3 is 0 Å². The van der Waals surface area contributed by atoms with Gasteiger partial charge in [0.2, 0.25) is 0 Å². The van der Waals surface area contributed by atoms with Crippen LogP contribution in [0, 0.1) is 0 Å². The van der Waals surface area contributed by atoms with E-state index in [1.54, 1.807) is 6.07 Å². The molecule has 0 spiro atoms. The molecular weight excluding hydrogens is 468 g/mol. The van der Waals surface area contributed by atoms with Crippen LogP contribution in [0.15, 0.2) is 65.6 Å². The van der Waals surface area contributed by atoms with Crippen molar-refractivity contribution in [2.45, 2.75) is 52.6 Å². The van der Waals surface area contributed by atoms with Gasteiger partial charge in [-0.05, 0) is 69.9 Å². The Hall–Kier alpha value is -1.73. The molecule has 3 aliphatic heterocycles. The highest BCUT2D eigenvalue weighted by molar-refractivity contribution is 7.98. The van der Waals surface area contributed by atoms with Crippen LogP contribution < -0.4 is 0 Å². The van der Waals surface area contributed by atoms with Crippen molar-refractivity contribution in [2.75, 3.05) is 5.75 Å². The molecule has 0 saturated heterocycles. The van der Waals surface area contributed by atoms with Crippen LogP contribution in [0.4, 0.5) is 0 Å². The van der Waals surface area contributed by atoms with Gasteiger partial charge in [0, 0.05) is 23.0 Å². The van der Waals surface area contributed by atoms with Gasteiger partial charge < -0.3 is 4.55 Å². The van der Waals surface area contributed by atoms with Gasteiger partial charge in [0.05, 0.1) is 10.1 Å². The molecule has 3 nitrogen and oxygen atoms in total. The van der Waals surface area contributed by atoms with Crippen molar-refractivity contribution in [2.24, 2.45) is 0 Å². The van der Waals surface area contributed by atoms with E-state index < -0.39 is 26.3 Å². The molecule has 3 aromatic rings. The summed E-state index contributed by atoms with van der Waals surface area (Å²) >= 11 is 1.23. The Morgan fingerprint density at radius 2 is 1.64 bits per heavy atom. The first-order valence-electron chi connectivity index (χ1n) is 11.5. The summed E-state index contributed by atoms with van der Waals surface area (Å²) in [5, 5.41) is -0.0435. The second-order valence-electron chi connectivity index (χ2n) is 9.28. The minimum absolute atomic E-state index is 0.409. The fraction of sp³-hybridized carbons (Fsp3) is 0.333. The van der Waals surface area contributed by atoms with Crippen LogP contribution >= 0.6 is 11.8 Å². The van der Waals surface area contributed by atoms with Gasteiger partial charge in [-0.25, -0.2) is 8.42 Å². The number of rotatable bonds is 2.